The van der Waals surface area contributed by atoms with Crippen LogP contribution in [0.3, 0.4) is 0 Å². The Morgan fingerprint density at radius 3 is 2.95 bits per heavy atom. The van der Waals surface area contributed by atoms with Gasteiger partial charge in [-0.25, -0.2) is 9.97 Å². The highest BCUT2D eigenvalue weighted by molar-refractivity contribution is 7.16. The Bertz CT molecular complexity index is 562. The summed E-state index contributed by atoms with van der Waals surface area (Å²) in [6.07, 6.45) is 3.86. The number of thiophene rings is 1. The lowest BCUT2D eigenvalue weighted by Crippen LogP contribution is -2.27. The van der Waals surface area contributed by atoms with Crippen LogP contribution in [0.4, 0.5) is 5.82 Å². The van der Waals surface area contributed by atoms with Crippen molar-refractivity contribution in [3.8, 4) is 0 Å². The summed E-state index contributed by atoms with van der Waals surface area (Å²) in [4.78, 5) is 13.0. The summed E-state index contributed by atoms with van der Waals surface area (Å²) in [7, 11) is 1.92. The van der Waals surface area contributed by atoms with Crippen molar-refractivity contribution in [3.05, 3.63) is 17.3 Å². The normalized spacial score (nSPS) is 15.3. The fourth-order valence-corrected chi connectivity index (χ4v) is 3.24. The molecule has 0 atom stereocenters. The minimum atomic E-state index is 0.764. The lowest BCUT2D eigenvalue weighted by atomic mass is 10.3. The van der Waals surface area contributed by atoms with Gasteiger partial charge in [-0.1, -0.05) is 6.92 Å². The van der Waals surface area contributed by atoms with Gasteiger partial charge in [-0.3, -0.25) is 4.90 Å². The van der Waals surface area contributed by atoms with E-state index < -0.39 is 0 Å². The predicted octanol–water partition coefficient (Wildman–Crippen LogP) is 3.11. The highest BCUT2D eigenvalue weighted by Crippen LogP contribution is 2.29. The van der Waals surface area contributed by atoms with Crippen molar-refractivity contribution in [1.82, 2.24) is 14.9 Å². The van der Waals surface area contributed by atoms with Crippen molar-refractivity contribution in [1.29, 1.82) is 0 Å². The molecule has 4 nitrogen and oxygen atoms in total. The Balaban J connectivity index is 1.86. The molecule has 0 aromatic carbocycles. The monoisotopic (exact) mass is 276 g/mol. The molecule has 1 N–H and O–H groups in total. The van der Waals surface area contributed by atoms with Gasteiger partial charge in [0.05, 0.1) is 11.9 Å². The van der Waals surface area contributed by atoms with Crippen molar-refractivity contribution in [2.75, 3.05) is 18.9 Å². The fourth-order valence-electron chi connectivity index (χ4n) is 2.46. The lowest BCUT2D eigenvalue weighted by Gasteiger charge is -2.20. The molecule has 0 radical (unpaired) electrons. The van der Waals surface area contributed by atoms with Crippen LogP contribution in [0.2, 0.25) is 0 Å². The van der Waals surface area contributed by atoms with E-state index in [9.17, 15) is 0 Å². The predicted molar refractivity (Wildman–Crippen MR) is 80.7 cm³/mol. The number of anilines is 1. The maximum Gasteiger partial charge on any atom is 0.146 e. The molecular weight excluding hydrogens is 256 g/mol. The first kappa shape index (κ1) is 12.8. The first-order valence-corrected chi connectivity index (χ1v) is 7.85. The van der Waals surface area contributed by atoms with E-state index in [2.05, 4.69) is 33.6 Å². The summed E-state index contributed by atoms with van der Waals surface area (Å²) in [5.74, 6) is 1.90. The topological polar surface area (TPSA) is 41.1 Å². The summed E-state index contributed by atoms with van der Waals surface area (Å²) >= 11 is 1.69. The molecule has 0 spiro atoms. The molecule has 1 fully saturated rings. The second-order valence-corrected chi connectivity index (χ2v) is 5.97. The van der Waals surface area contributed by atoms with Crippen LogP contribution in [-0.4, -0.2) is 34.5 Å². The van der Waals surface area contributed by atoms with Gasteiger partial charge in [0.2, 0.25) is 0 Å². The average molecular weight is 276 g/mol. The molecule has 1 aliphatic rings. The summed E-state index contributed by atoms with van der Waals surface area (Å²) < 4.78 is 0. The van der Waals surface area contributed by atoms with E-state index >= 15 is 0 Å². The van der Waals surface area contributed by atoms with E-state index in [4.69, 9.17) is 4.98 Å². The molecule has 0 amide bonds. The van der Waals surface area contributed by atoms with Crippen LogP contribution in [-0.2, 0) is 6.54 Å². The van der Waals surface area contributed by atoms with Gasteiger partial charge in [-0.05, 0) is 37.3 Å². The minimum absolute atomic E-state index is 0.764. The molecule has 2 aromatic rings. The molecule has 1 saturated carbocycles. The molecule has 2 aromatic heterocycles. The van der Waals surface area contributed by atoms with Gasteiger partial charge < -0.3 is 5.32 Å². The maximum absolute atomic E-state index is 4.70. The van der Waals surface area contributed by atoms with Crippen LogP contribution in [0.5, 0.6) is 0 Å². The van der Waals surface area contributed by atoms with Gasteiger partial charge in [0.15, 0.2) is 0 Å². The quantitative estimate of drug-likeness (QED) is 0.880. The molecular formula is C14H20N4S. The fraction of sp³-hybridized carbons (Fsp3) is 0.571. The summed E-state index contributed by atoms with van der Waals surface area (Å²) in [6, 6.07) is 2.85. The van der Waals surface area contributed by atoms with Crippen molar-refractivity contribution in [2.45, 2.75) is 38.8 Å². The Morgan fingerprint density at radius 2 is 2.26 bits per heavy atom. The third-order valence-corrected chi connectivity index (χ3v) is 4.33. The molecule has 0 saturated heterocycles. The number of fused-ring (bicyclic) bond motifs is 1. The molecule has 19 heavy (non-hydrogen) atoms. The van der Waals surface area contributed by atoms with Crippen molar-refractivity contribution in [3.63, 3.8) is 0 Å². The highest BCUT2D eigenvalue weighted by atomic mass is 32.1. The second-order valence-electron chi connectivity index (χ2n) is 5.08. The third kappa shape index (κ3) is 2.72. The van der Waals surface area contributed by atoms with Gasteiger partial charge in [0.1, 0.15) is 16.5 Å². The van der Waals surface area contributed by atoms with E-state index in [0.29, 0.717) is 0 Å². The molecule has 5 heteroatoms. The highest BCUT2D eigenvalue weighted by Gasteiger charge is 2.29. The molecule has 1 aliphatic carbocycles. The van der Waals surface area contributed by atoms with E-state index in [0.717, 1.165) is 41.0 Å². The number of nitrogens with one attached hydrogen (secondary N) is 1. The Labute approximate surface area is 117 Å². The van der Waals surface area contributed by atoms with Crippen molar-refractivity contribution in [2.24, 2.45) is 0 Å². The van der Waals surface area contributed by atoms with Gasteiger partial charge in [-0.15, -0.1) is 11.3 Å². The van der Waals surface area contributed by atoms with E-state index in [1.807, 2.05) is 7.05 Å². The number of aromatic nitrogens is 2. The third-order valence-electron chi connectivity index (χ3n) is 3.53. The molecule has 0 unspecified atom stereocenters. The Hall–Kier alpha value is -1.20. The molecule has 2 heterocycles. The number of hydrogen-bond acceptors (Lipinski definition) is 5. The van der Waals surface area contributed by atoms with Gasteiger partial charge >= 0.3 is 0 Å². The zero-order valence-corrected chi connectivity index (χ0v) is 12.3. The Kier molecular flexibility index (Phi) is 3.66. The SMILES string of the molecule is CCCN(Cc1nc(NC)c2ccsc2n1)C1CC1. The maximum atomic E-state index is 4.70. The number of nitrogens with zero attached hydrogens (tertiary/aromatic N) is 3. The zero-order chi connectivity index (χ0) is 13.2. The number of rotatable bonds is 6. The standard InChI is InChI=1S/C14H20N4S/c1-3-7-18(10-4-5-10)9-12-16-13(15-2)11-6-8-19-14(11)17-12/h6,8,10H,3-5,7,9H2,1-2H3,(H,15,16,17). The smallest absolute Gasteiger partial charge is 0.146 e. The molecule has 0 aliphatic heterocycles. The van der Waals surface area contributed by atoms with Gasteiger partial charge in [0.25, 0.3) is 0 Å². The van der Waals surface area contributed by atoms with E-state index in [1.165, 1.54) is 19.3 Å². The van der Waals surface area contributed by atoms with Crippen LogP contribution in [0, 0.1) is 0 Å². The van der Waals surface area contributed by atoms with Crippen LogP contribution in [0.1, 0.15) is 32.0 Å². The minimum Gasteiger partial charge on any atom is -0.372 e. The van der Waals surface area contributed by atoms with Crippen LogP contribution >= 0.6 is 11.3 Å². The first-order chi connectivity index (χ1) is 9.31. The molecule has 0 bridgehead atoms. The van der Waals surface area contributed by atoms with Crippen LogP contribution < -0.4 is 5.32 Å². The van der Waals surface area contributed by atoms with Crippen molar-refractivity contribution < 1.29 is 0 Å². The number of hydrogen-bond donors (Lipinski definition) is 1. The summed E-state index contributed by atoms with van der Waals surface area (Å²) in [5.41, 5.74) is 0. The van der Waals surface area contributed by atoms with Crippen LogP contribution in [0.15, 0.2) is 11.4 Å². The van der Waals surface area contributed by atoms with Gasteiger partial charge in [0, 0.05) is 13.1 Å². The van der Waals surface area contributed by atoms with Gasteiger partial charge in [-0.2, -0.15) is 0 Å². The van der Waals surface area contributed by atoms with E-state index in [1.54, 1.807) is 11.3 Å². The molecule has 102 valence electrons. The first-order valence-electron chi connectivity index (χ1n) is 6.97. The summed E-state index contributed by atoms with van der Waals surface area (Å²) in [6.45, 7) is 4.25. The largest absolute Gasteiger partial charge is 0.372 e. The lowest BCUT2D eigenvalue weighted by molar-refractivity contribution is 0.249. The van der Waals surface area contributed by atoms with Crippen molar-refractivity contribution >= 4 is 27.4 Å². The Morgan fingerprint density at radius 1 is 1.42 bits per heavy atom. The zero-order valence-electron chi connectivity index (χ0n) is 11.5. The summed E-state index contributed by atoms with van der Waals surface area (Å²) in [5, 5.41) is 6.39. The molecule has 3 rings (SSSR count). The second kappa shape index (κ2) is 5.43. The average Bonchev–Trinajstić information content (AvgIpc) is 3.16. The van der Waals surface area contributed by atoms with E-state index in [-0.39, 0.29) is 0 Å². The van der Waals surface area contributed by atoms with Crippen LogP contribution in [0.25, 0.3) is 10.2 Å².